The Labute approximate surface area is 268 Å². The standard InChI is InChI=1S/C35H41N5O6/c1-21-18-40(19-22(2)45-21)20-24-17-25(13-14-36-24)46-31-12-11-28(26-9-7-8-10-27(26)31)37-33(41)38-29-15-23(35(3,4)5)16-30(32(29)44-6)39-34(42)43/h7-17,21-22,39H,18-20H2,1-6H3,(H,42,43)(H2,37,38,41). The molecule has 0 spiro atoms. The van der Waals surface area contributed by atoms with Crippen LogP contribution in [0.4, 0.5) is 26.7 Å². The highest BCUT2D eigenvalue weighted by molar-refractivity contribution is 6.08. The van der Waals surface area contributed by atoms with E-state index in [-0.39, 0.29) is 29.1 Å². The van der Waals surface area contributed by atoms with Crippen LogP contribution in [0.15, 0.2) is 66.9 Å². The third-order valence-electron chi connectivity index (χ3n) is 7.68. The summed E-state index contributed by atoms with van der Waals surface area (Å²) in [5.74, 6) is 1.50. The predicted octanol–water partition coefficient (Wildman–Crippen LogP) is 7.68. The minimum Gasteiger partial charge on any atom is -0.492 e. The van der Waals surface area contributed by atoms with Crippen molar-refractivity contribution in [1.82, 2.24) is 9.88 Å². The van der Waals surface area contributed by atoms with E-state index in [4.69, 9.17) is 14.2 Å². The van der Waals surface area contributed by atoms with Crippen molar-refractivity contribution in [2.24, 2.45) is 0 Å². The summed E-state index contributed by atoms with van der Waals surface area (Å²) in [6.07, 6.45) is 0.857. The van der Waals surface area contributed by atoms with Crippen LogP contribution >= 0.6 is 0 Å². The minimum atomic E-state index is -1.24. The van der Waals surface area contributed by atoms with E-state index in [1.165, 1.54) is 7.11 Å². The molecule has 2 unspecified atom stereocenters. The van der Waals surface area contributed by atoms with Gasteiger partial charge in [0.25, 0.3) is 0 Å². The number of anilines is 3. The van der Waals surface area contributed by atoms with E-state index >= 15 is 0 Å². The Balaban J connectivity index is 1.36. The van der Waals surface area contributed by atoms with Gasteiger partial charge in [0.15, 0.2) is 5.75 Å². The Morgan fingerprint density at radius 3 is 2.24 bits per heavy atom. The molecule has 242 valence electrons. The maximum Gasteiger partial charge on any atom is 0.409 e. The van der Waals surface area contributed by atoms with E-state index in [9.17, 15) is 14.7 Å². The van der Waals surface area contributed by atoms with E-state index in [1.54, 1.807) is 24.4 Å². The van der Waals surface area contributed by atoms with Crippen LogP contribution < -0.4 is 25.4 Å². The number of aromatic nitrogens is 1. The highest BCUT2D eigenvalue weighted by atomic mass is 16.5. The van der Waals surface area contributed by atoms with E-state index in [0.29, 0.717) is 29.4 Å². The molecule has 4 N–H and O–H groups in total. The average Bonchev–Trinajstić information content (AvgIpc) is 2.97. The number of nitrogens with one attached hydrogen (secondary N) is 3. The number of urea groups is 1. The lowest BCUT2D eigenvalue weighted by Gasteiger charge is -2.35. The summed E-state index contributed by atoms with van der Waals surface area (Å²) in [7, 11) is 1.42. The first-order valence-electron chi connectivity index (χ1n) is 15.2. The molecular weight excluding hydrogens is 586 g/mol. The molecule has 2 heterocycles. The van der Waals surface area contributed by atoms with Crippen LogP contribution in [0.25, 0.3) is 10.8 Å². The number of amides is 3. The number of pyridine rings is 1. The van der Waals surface area contributed by atoms with E-state index in [1.807, 2.05) is 63.2 Å². The number of hydrogen-bond donors (Lipinski definition) is 4. The molecule has 0 aliphatic carbocycles. The topological polar surface area (TPSA) is 134 Å². The van der Waals surface area contributed by atoms with Crippen LogP contribution in [0.1, 0.15) is 45.9 Å². The van der Waals surface area contributed by atoms with Crippen LogP contribution in [-0.2, 0) is 16.7 Å². The normalized spacial score (nSPS) is 16.9. The SMILES string of the molecule is COc1c(NC(=O)O)cc(C(C)(C)C)cc1NC(=O)Nc1ccc(Oc2ccnc(CN3CC(C)OC(C)C3)c2)c2ccccc12. The highest BCUT2D eigenvalue weighted by Crippen LogP contribution is 2.39. The van der Waals surface area contributed by atoms with Crippen LogP contribution in [0.3, 0.4) is 0 Å². The zero-order chi connectivity index (χ0) is 33.0. The van der Waals surface area contributed by atoms with Gasteiger partial charge in [-0.05, 0) is 55.2 Å². The monoisotopic (exact) mass is 627 g/mol. The van der Waals surface area contributed by atoms with E-state index < -0.39 is 12.1 Å². The number of fused-ring (bicyclic) bond motifs is 1. The van der Waals surface area contributed by atoms with Gasteiger partial charge in [-0.1, -0.05) is 45.0 Å². The summed E-state index contributed by atoms with van der Waals surface area (Å²) in [6, 6.07) is 18.0. The molecule has 0 radical (unpaired) electrons. The van der Waals surface area contributed by atoms with Crippen molar-refractivity contribution >= 4 is 40.0 Å². The maximum atomic E-state index is 13.3. The van der Waals surface area contributed by atoms with Gasteiger partial charge in [0.2, 0.25) is 0 Å². The lowest BCUT2D eigenvalue weighted by molar-refractivity contribution is -0.0707. The first-order chi connectivity index (χ1) is 21.9. The zero-order valence-electron chi connectivity index (χ0n) is 27.0. The van der Waals surface area contributed by atoms with Crippen LogP contribution in [0.2, 0.25) is 0 Å². The number of nitrogens with zero attached hydrogens (tertiary/aromatic N) is 2. The molecule has 1 saturated heterocycles. The first kappa shape index (κ1) is 32.5. The number of morpholine rings is 1. The Morgan fingerprint density at radius 2 is 1.59 bits per heavy atom. The largest absolute Gasteiger partial charge is 0.492 e. The van der Waals surface area contributed by atoms with E-state index in [2.05, 4.69) is 39.7 Å². The number of benzene rings is 3. The van der Waals surface area contributed by atoms with Crippen LogP contribution in [-0.4, -0.2) is 59.5 Å². The molecule has 11 heteroatoms. The second kappa shape index (κ2) is 13.6. The number of hydrogen-bond acceptors (Lipinski definition) is 7. The van der Waals surface area contributed by atoms with Crippen molar-refractivity contribution in [1.29, 1.82) is 0 Å². The van der Waals surface area contributed by atoms with Crippen molar-refractivity contribution in [3.8, 4) is 17.2 Å². The fraction of sp³-hybridized carbons (Fsp3) is 0.343. The molecule has 1 aliphatic rings. The Hall–Kier alpha value is -4.87. The number of carbonyl (C=O) groups excluding carboxylic acids is 1. The number of ether oxygens (including phenoxy) is 3. The van der Waals surface area contributed by atoms with Gasteiger partial charge in [-0.25, -0.2) is 9.59 Å². The fourth-order valence-electron chi connectivity index (χ4n) is 5.70. The third kappa shape index (κ3) is 7.85. The van der Waals surface area contributed by atoms with Crippen molar-refractivity contribution in [3.05, 3.63) is 78.1 Å². The summed E-state index contributed by atoms with van der Waals surface area (Å²) >= 11 is 0. The van der Waals surface area contributed by atoms with Gasteiger partial charge < -0.3 is 30.0 Å². The zero-order valence-corrected chi connectivity index (χ0v) is 27.0. The summed E-state index contributed by atoms with van der Waals surface area (Å²) in [6.45, 7) is 12.5. The van der Waals surface area contributed by atoms with Crippen molar-refractivity contribution < 1.29 is 28.9 Å². The quantitative estimate of drug-likeness (QED) is 0.156. The Kier molecular flexibility index (Phi) is 9.64. The van der Waals surface area contributed by atoms with Crippen LogP contribution in [0.5, 0.6) is 17.2 Å². The smallest absolute Gasteiger partial charge is 0.409 e. The van der Waals surface area contributed by atoms with E-state index in [0.717, 1.165) is 35.1 Å². The lowest BCUT2D eigenvalue weighted by atomic mass is 9.86. The molecule has 5 rings (SSSR count). The molecule has 11 nitrogen and oxygen atoms in total. The number of carboxylic acid groups (broad SMARTS) is 1. The lowest BCUT2D eigenvalue weighted by Crippen LogP contribution is -2.44. The van der Waals surface area contributed by atoms with Crippen molar-refractivity contribution in [3.63, 3.8) is 0 Å². The minimum absolute atomic E-state index is 0.172. The molecule has 3 amide bonds. The first-order valence-corrected chi connectivity index (χ1v) is 15.2. The predicted molar refractivity (Wildman–Crippen MR) is 180 cm³/mol. The number of methoxy groups -OCH3 is 1. The van der Waals surface area contributed by atoms with Gasteiger partial charge in [0.05, 0.1) is 42.1 Å². The summed E-state index contributed by atoms with van der Waals surface area (Å²) in [4.78, 5) is 31.7. The molecule has 1 fully saturated rings. The van der Waals surface area contributed by atoms with Gasteiger partial charge >= 0.3 is 12.1 Å². The molecule has 46 heavy (non-hydrogen) atoms. The summed E-state index contributed by atoms with van der Waals surface area (Å²) in [5.41, 5.74) is 2.53. The van der Waals surface area contributed by atoms with Crippen molar-refractivity contribution in [2.45, 2.75) is 58.8 Å². The number of carbonyl (C=O) groups is 2. The average molecular weight is 628 g/mol. The van der Waals surface area contributed by atoms with Crippen LogP contribution in [0, 0.1) is 0 Å². The van der Waals surface area contributed by atoms with Gasteiger partial charge in [0.1, 0.15) is 11.5 Å². The molecule has 2 atom stereocenters. The molecular formula is C35H41N5O6. The molecule has 0 bridgehead atoms. The highest BCUT2D eigenvalue weighted by Gasteiger charge is 2.24. The second-order valence-electron chi connectivity index (χ2n) is 12.6. The second-order valence-corrected chi connectivity index (χ2v) is 12.6. The molecule has 4 aromatic rings. The molecule has 1 aliphatic heterocycles. The van der Waals surface area contributed by atoms with Gasteiger partial charge in [-0.15, -0.1) is 0 Å². The maximum absolute atomic E-state index is 13.3. The van der Waals surface area contributed by atoms with Crippen molar-refractivity contribution in [2.75, 3.05) is 36.1 Å². The Morgan fingerprint density at radius 1 is 0.935 bits per heavy atom. The molecule has 1 aromatic heterocycles. The summed E-state index contributed by atoms with van der Waals surface area (Å²) in [5, 5.41) is 19.1. The van der Waals surface area contributed by atoms with Gasteiger partial charge in [-0.2, -0.15) is 0 Å². The summed E-state index contributed by atoms with van der Waals surface area (Å²) < 4.78 is 17.7. The fourth-order valence-corrected chi connectivity index (χ4v) is 5.70. The number of rotatable bonds is 8. The van der Waals surface area contributed by atoms with Gasteiger partial charge in [-0.3, -0.25) is 15.2 Å². The molecule has 3 aromatic carbocycles. The Bertz CT molecular complexity index is 1730. The molecule has 0 saturated carbocycles. The third-order valence-corrected chi connectivity index (χ3v) is 7.68. The van der Waals surface area contributed by atoms with Gasteiger partial charge in [0, 0.05) is 42.7 Å².